The van der Waals surface area contributed by atoms with Crippen LogP contribution in [0.1, 0.15) is 24.5 Å². The molecule has 0 aliphatic rings. The van der Waals surface area contributed by atoms with Crippen LogP contribution in [0, 0.1) is 6.92 Å². The quantitative estimate of drug-likeness (QED) is 0.876. The van der Waals surface area contributed by atoms with Gasteiger partial charge in [-0.2, -0.15) is 0 Å². The Hall–Kier alpha value is -0.600. The van der Waals surface area contributed by atoms with E-state index in [-0.39, 0.29) is 0 Å². The molecule has 1 rings (SSSR count). The molecule has 0 amide bonds. The molecule has 1 aromatic carbocycles. The third-order valence-corrected chi connectivity index (χ3v) is 3.30. The molecular weight excluding hydrogens is 250 g/mol. The molecule has 0 spiro atoms. The molecule has 0 fully saturated rings. The van der Waals surface area contributed by atoms with E-state index in [1.165, 1.54) is 21.2 Å². The van der Waals surface area contributed by atoms with Gasteiger partial charge in [-0.05, 0) is 37.6 Å². The summed E-state index contributed by atoms with van der Waals surface area (Å²) in [5, 5.41) is 3.19. The second kappa shape index (κ2) is 6.09. The standard InChI is InChI=1S/C13H18BrN/c1-4-11(9-15-3)8-12-5-6-13(14)10(2)7-12/h5-8,15H,4,9H2,1-3H3. The fraction of sp³-hybridized carbons (Fsp3) is 0.385. The highest BCUT2D eigenvalue weighted by molar-refractivity contribution is 9.10. The summed E-state index contributed by atoms with van der Waals surface area (Å²) in [6.07, 6.45) is 3.35. The number of rotatable bonds is 4. The van der Waals surface area contributed by atoms with Crippen molar-refractivity contribution < 1.29 is 0 Å². The largest absolute Gasteiger partial charge is 0.316 e. The van der Waals surface area contributed by atoms with Gasteiger partial charge in [-0.25, -0.2) is 0 Å². The fourth-order valence-corrected chi connectivity index (χ4v) is 1.75. The van der Waals surface area contributed by atoms with Gasteiger partial charge in [-0.3, -0.25) is 0 Å². The van der Waals surface area contributed by atoms with E-state index in [2.05, 4.69) is 59.4 Å². The highest BCUT2D eigenvalue weighted by atomic mass is 79.9. The van der Waals surface area contributed by atoms with Crippen LogP contribution < -0.4 is 5.32 Å². The molecule has 0 heterocycles. The predicted molar refractivity (Wildman–Crippen MR) is 71.1 cm³/mol. The second-order valence-corrected chi connectivity index (χ2v) is 4.55. The molecule has 0 bridgehead atoms. The van der Waals surface area contributed by atoms with Crippen molar-refractivity contribution in [1.29, 1.82) is 0 Å². The summed E-state index contributed by atoms with van der Waals surface area (Å²) in [6, 6.07) is 6.45. The highest BCUT2D eigenvalue weighted by Crippen LogP contribution is 2.19. The smallest absolute Gasteiger partial charge is 0.0204 e. The van der Waals surface area contributed by atoms with E-state index in [0.29, 0.717) is 0 Å². The first-order valence-electron chi connectivity index (χ1n) is 5.27. The molecule has 0 saturated heterocycles. The second-order valence-electron chi connectivity index (χ2n) is 3.70. The average Bonchev–Trinajstić information content (AvgIpc) is 2.23. The van der Waals surface area contributed by atoms with Crippen molar-refractivity contribution in [2.24, 2.45) is 0 Å². The number of likely N-dealkylation sites (N-methyl/N-ethyl adjacent to an activating group) is 1. The van der Waals surface area contributed by atoms with Crippen LogP contribution in [0.3, 0.4) is 0 Å². The number of halogens is 1. The maximum atomic E-state index is 3.51. The van der Waals surface area contributed by atoms with Crippen LogP contribution in [0.4, 0.5) is 0 Å². The lowest BCUT2D eigenvalue weighted by Crippen LogP contribution is -2.09. The van der Waals surface area contributed by atoms with E-state index >= 15 is 0 Å². The highest BCUT2D eigenvalue weighted by Gasteiger charge is 1.97. The molecule has 0 aliphatic carbocycles. The van der Waals surface area contributed by atoms with Crippen LogP contribution in [-0.4, -0.2) is 13.6 Å². The Labute approximate surface area is 101 Å². The third-order valence-electron chi connectivity index (χ3n) is 2.41. The Kier molecular flexibility index (Phi) is 5.06. The lowest BCUT2D eigenvalue weighted by atomic mass is 10.1. The molecule has 1 aromatic rings. The average molecular weight is 268 g/mol. The summed E-state index contributed by atoms with van der Waals surface area (Å²) >= 11 is 3.51. The Morgan fingerprint density at radius 2 is 2.20 bits per heavy atom. The number of nitrogens with one attached hydrogen (secondary N) is 1. The Bertz CT molecular complexity index is 356. The molecular formula is C13H18BrN. The SMILES string of the molecule is CCC(=Cc1ccc(Br)c(C)c1)CNC. The molecule has 82 valence electrons. The number of aryl methyl sites for hydroxylation is 1. The van der Waals surface area contributed by atoms with Crippen molar-refractivity contribution in [2.75, 3.05) is 13.6 Å². The van der Waals surface area contributed by atoms with Crippen molar-refractivity contribution in [3.63, 3.8) is 0 Å². The zero-order valence-electron chi connectivity index (χ0n) is 9.60. The minimum Gasteiger partial charge on any atom is -0.316 e. The Morgan fingerprint density at radius 1 is 1.47 bits per heavy atom. The monoisotopic (exact) mass is 267 g/mol. The van der Waals surface area contributed by atoms with Gasteiger partial charge in [0.25, 0.3) is 0 Å². The van der Waals surface area contributed by atoms with Gasteiger partial charge in [0, 0.05) is 11.0 Å². The van der Waals surface area contributed by atoms with Crippen LogP contribution in [0.15, 0.2) is 28.2 Å². The molecule has 1 N–H and O–H groups in total. The van der Waals surface area contributed by atoms with Crippen LogP contribution in [-0.2, 0) is 0 Å². The van der Waals surface area contributed by atoms with Crippen LogP contribution in [0.5, 0.6) is 0 Å². The molecule has 2 heteroatoms. The number of benzene rings is 1. The molecule has 0 atom stereocenters. The summed E-state index contributed by atoms with van der Waals surface area (Å²) in [5.74, 6) is 0. The van der Waals surface area contributed by atoms with E-state index in [4.69, 9.17) is 0 Å². The van der Waals surface area contributed by atoms with Gasteiger partial charge in [0.1, 0.15) is 0 Å². The van der Waals surface area contributed by atoms with Crippen LogP contribution in [0.25, 0.3) is 6.08 Å². The van der Waals surface area contributed by atoms with Gasteiger partial charge in [0.2, 0.25) is 0 Å². The topological polar surface area (TPSA) is 12.0 Å². The van der Waals surface area contributed by atoms with E-state index in [1.807, 2.05) is 7.05 Å². The maximum Gasteiger partial charge on any atom is 0.0204 e. The minimum atomic E-state index is 0.964. The Morgan fingerprint density at radius 3 is 2.73 bits per heavy atom. The number of hydrogen-bond acceptors (Lipinski definition) is 1. The van der Waals surface area contributed by atoms with Crippen molar-refractivity contribution in [3.8, 4) is 0 Å². The number of hydrogen-bond donors (Lipinski definition) is 1. The molecule has 0 saturated carbocycles. The molecule has 0 aromatic heterocycles. The molecule has 0 aliphatic heterocycles. The molecule has 0 radical (unpaired) electrons. The van der Waals surface area contributed by atoms with Crippen LogP contribution >= 0.6 is 15.9 Å². The first kappa shape index (κ1) is 12.5. The van der Waals surface area contributed by atoms with Crippen molar-refractivity contribution in [3.05, 3.63) is 39.4 Å². The summed E-state index contributed by atoms with van der Waals surface area (Å²) < 4.78 is 1.17. The van der Waals surface area contributed by atoms with Crippen molar-refractivity contribution in [1.82, 2.24) is 5.32 Å². The summed E-state index contributed by atoms with van der Waals surface area (Å²) in [7, 11) is 1.98. The fourth-order valence-electron chi connectivity index (χ4n) is 1.50. The van der Waals surface area contributed by atoms with Crippen LogP contribution in [0.2, 0.25) is 0 Å². The first-order chi connectivity index (χ1) is 7.17. The van der Waals surface area contributed by atoms with Gasteiger partial charge < -0.3 is 5.32 Å². The zero-order valence-corrected chi connectivity index (χ0v) is 11.2. The lowest BCUT2D eigenvalue weighted by Gasteiger charge is -2.05. The minimum absolute atomic E-state index is 0.964. The van der Waals surface area contributed by atoms with E-state index in [9.17, 15) is 0 Å². The van der Waals surface area contributed by atoms with Gasteiger partial charge in [0.05, 0.1) is 0 Å². The van der Waals surface area contributed by atoms with Gasteiger partial charge >= 0.3 is 0 Å². The van der Waals surface area contributed by atoms with E-state index in [0.717, 1.165) is 13.0 Å². The van der Waals surface area contributed by atoms with Crippen molar-refractivity contribution in [2.45, 2.75) is 20.3 Å². The predicted octanol–water partition coefficient (Wildman–Crippen LogP) is 3.77. The molecule has 15 heavy (non-hydrogen) atoms. The normalized spacial score (nSPS) is 11.9. The lowest BCUT2D eigenvalue weighted by molar-refractivity contribution is 0.851. The van der Waals surface area contributed by atoms with Gasteiger partial charge in [-0.1, -0.05) is 46.6 Å². The van der Waals surface area contributed by atoms with E-state index < -0.39 is 0 Å². The van der Waals surface area contributed by atoms with Gasteiger partial charge in [0.15, 0.2) is 0 Å². The third kappa shape index (κ3) is 3.80. The summed E-state index contributed by atoms with van der Waals surface area (Å²) in [5.41, 5.74) is 3.99. The zero-order chi connectivity index (χ0) is 11.3. The first-order valence-corrected chi connectivity index (χ1v) is 6.07. The summed E-state index contributed by atoms with van der Waals surface area (Å²) in [4.78, 5) is 0. The van der Waals surface area contributed by atoms with Gasteiger partial charge in [-0.15, -0.1) is 0 Å². The Balaban J connectivity index is 2.91. The van der Waals surface area contributed by atoms with Crippen molar-refractivity contribution >= 4 is 22.0 Å². The molecule has 1 nitrogen and oxygen atoms in total. The maximum absolute atomic E-state index is 3.51. The summed E-state index contributed by atoms with van der Waals surface area (Å²) in [6.45, 7) is 5.27. The molecule has 0 unspecified atom stereocenters. The van der Waals surface area contributed by atoms with E-state index in [1.54, 1.807) is 0 Å².